The standard InChI is InChI=1S/C11H8BrNO3/c1-16-11(15)10-7-3-2-6(12)4-8(7)13-5-9(10)14/h2-5,14H,1H3. The minimum absolute atomic E-state index is 0.139. The summed E-state index contributed by atoms with van der Waals surface area (Å²) in [5, 5.41) is 10.2. The number of fused-ring (bicyclic) bond motifs is 1. The molecule has 0 saturated carbocycles. The van der Waals surface area contributed by atoms with E-state index in [1.165, 1.54) is 13.3 Å². The molecule has 0 aliphatic rings. The molecule has 0 radical (unpaired) electrons. The maximum atomic E-state index is 11.5. The predicted octanol–water partition coefficient (Wildman–Crippen LogP) is 2.49. The number of esters is 1. The van der Waals surface area contributed by atoms with Gasteiger partial charge in [-0.05, 0) is 12.1 Å². The summed E-state index contributed by atoms with van der Waals surface area (Å²) in [7, 11) is 1.27. The Hall–Kier alpha value is -1.62. The highest BCUT2D eigenvalue weighted by atomic mass is 79.9. The molecule has 0 unspecified atom stereocenters. The minimum Gasteiger partial charge on any atom is -0.505 e. The monoisotopic (exact) mass is 281 g/mol. The SMILES string of the molecule is COC(=O)c1c(O)cnc2cc(Br)ccc12. The van der Waals surface area contributed by atoms with Gasteiger partial charge in [0.1, 0.15) is 11.3 Å². The van der Waals surface area contributed by atoms with Crippen LogP contribution in [-0.2, 0) is 4.74 Å². The molecule has 0 aliphatic carbocycles. The van der Waals surface area contributed by atoms with Crippen molar-refractivity contribution in [3.63, 3.8) is 0 Å². The third-order valence-electron chi connectivity index (χ3n) is 2.20. The van der Waals surface area contributed by atoms with Crippen LogP contribution in [0.2, 0.25) is 0 Å². The summed E-state index contributed by atoms with van der Waals surface area (Å²) in [4.78, 5) is 15.5. The van der Waals surface area contributed by atoms with Gasteiger partial charge >= 0.3 is 5.97 Å². The Kier molecular flexibility index (Phi) is 2.78. The predicted molar refractivity (Wildman–Crippen MR) is 62.4 cm³/mol. The van der Waals surface area contributed by atoms with Crippen molar-refractivity contribution in [2.75, 3.05) is 7.11 Å². The first kappa shape index (κ1) is 10.9. The van der Waals surface area contributed by atoms with Gasteiger partial charge in [-0.3, -0.25) is 4.98 Å². The molecule has 0 atom stereocenters. The van der Waals surface area contributed by atoms with E-state index < -0.39 is 5.97 Å². The number of carbonyl (C=O) groups is 1. The van der Waals surface area contributed by atoms with E-state index in [9.17, 15) is 9.90 Å². The highest BCUT2D eigenvalue weighted by Gasteiger charge is 2.16. The highest BCUT2D eigenvalue weighted by Crippen LogP contribution is 2.27. The Balaban J connectivity index is 2.79. The normalized spacial score (nSPS) is 10.4. The van der Waals surface area contributed by atoms with Gasteiger partial charge in [0.25, 0.3) is 0 Å². The van der Waals surface area contributed by atoms with E-state index in [1.807, 2.05) is 0 Å². The number of hydrogen-bond donors (Lipinski definition) is 1. The molecule has 2 aromatic rings. The topological polar surface area (TPSA) is 59.4 Å². The molecule has 0 amide bonds. The maximum Gasteiger partial charge on any atom is 0.342 e. The van der Waals surface area contributed by atoms with Gasteiger partial charge in [-0.2, -0.15) is 0 Å². The zero-order valence-corrected chi connectivity index (χ0v) is 9.98. The third kappa shape index (κ3) is 1.74. The van der Waals surface area contributed by atoms with Gasteiger partial charge in [0.05, 0.1) is 18.8 Å². The molecule has 0 saturated heterocycles. The molecule has 0 fully saturated rings. The third-order valence-corrected chi connectivity index (χ3v) is 2.69. The van der Waals surface area contributed by atoms with Crippen molar-refractivity contribution in [1.29, 1.82) is 0 Å². The van der Waals surface area contributed by atoms with Gasteiger partial charge in [-0.1, -0.05) is 22.0 Å². The van der Waals surface area contributed by atoms with Crippen LogP contribution in [0, 0.1) is 0 Å². The maximum absolute atomic E-state index is 11.5. The summed E-state index contributed by atoms with van der Waals surface area (Å²) in [6.45, 7) is 0. The van der Waals surface area contributed by atoms with Crippen LogP contribution in [0.25, 0.3) is 10.9 Å². The lowest BCUT2D eigenvalue weighted by molar-refractivity contribution is 0.0599. The number of ether oxygens (including phenoxy) is 1. The quantitative estimate of drug-likeness (QED) is 0.816. The molecule has 1 heterocycles. The summed E-state index contributed by atoms with van der Waals surface area (Å²) in [5.74, 6) is -0.756. The number of aromatic hydroxyl groups is 1. The lowest BCUT2D eigenvalue weighted by Gasteiger charge is -2.06. The fourth-order valence-electron chi connectivity index (χ4n) is 1.47. The van der Waals surface area contributed by atoms with Crippen LogP contribution in [-0.4, -0.2) is 23.2 Å². The second-order valence-corrected chi connectivity index (χ2v) is 4.09. The molecule has 2 rings (SSSR count). The number of pyridine rings is 1. The Morgan fingerprint density at radius 2 is 2.25 bits per heavy atom. The molecule has 82 valence electrons. The summed E-state index contributed by atoms with van der Waals surface area (Å²) >= 11 is 3.31. The molecule has 0 aliphatic heterocycles. The molecular weight excluding hydrogens is 274 g/mol. The molecule has 1 N–H and O–H groups in total. The van der Waals surface area contributed by atoms with E-state index in [4.69, 9.17) is 0 Å². The van der Waals surface area contributed by atoms with Crippen LogP contribution < -0.4 is 0 Å². The second-order valence-electron chi connectivity index (χ2n) is 3.17. The molecular formula is C11H8BrNO3. The lowest BCUT2D eigenvalue weighted by Crippen LogP contribution is -2.03. The fraction of sp³-hybridized carbons (Fsp3) is 0.0909. The Bertz CT molecular complexity index is 568. The van der Waals surface area contributed by atoms with Crippen LogP contribution in [0.4, 0.5) is 0 Å². The van der Waals surface area contributed by atoms with Gasteiger partial charge in [0.2, 0.25) is 0 Å². The van der Waals surface area contributed by atoms with E-state index in [1.54, 1.807) is 18.2 Å². The molecule has 1 aromatic heterocycles. The van der Waals surface area contributed by atoms with Crippen LogP contribution >= 0.6 is 15.9 Å². The number of benzene rings is 1. The Labute approximate surface area is 100.0 Å². The summed E-state index contributed by atoms with van der Waals surface area (Å²) in [6, 6.07) is 5.25. The fourth-order valence-corrected chi connectivity index (χ4v) is 1.82. The van der Waals surface area contributed by atoms with Crippen molar-refractivity contribution in [1.82, 2.24) is 4.98 Å². The first-order chi connectivity index (χ1) is 7.63. The molecule has 1 aromatic carbocycles. The largest absolute Gasteiger partial charge is 0.505 e. The first-order valence-corrected chi connectivity index (χ1v) is 5.28. The lowest BCUT2D eigenvalue weighted by atomic mass is 10.1. The summed E-state index contributed by atoms with van der Waals surface area (Å²) in [6.07, 6.45) is 1.24. The number of rotatable bonds is 1. The van der Waals surface area contributed by atoms with Crippen molar-refractivity contribution in [2.24, 2.45) is 0 Å². The van der Waals surface area contributed by atoms with Crippen molar-refractivity contribution < 1.29 is 14.6 Å². The van der Waals surface area contributed by atoms with E-state index in [-0.39, 0.29) is 11.3 Å². The number of nitrogens with zero attached hydrogens (tertiary/aromatic N) is 1. The van der Waals surface area contributed by atoms with Crippen LogP contribution in [0.5, 0.6) is 5.75 Å². The van der Waals surface area contributed by atoms with Gasteiger partial charge < -0.3 is 9.84 Å². The number of methoxy groups -OCH3 is 1. The Morgan fingerprint density at radius 3 is 2.94 bits per heavy atom. The van der Waals surface area contributed by atoms with Crippen molar-refractivity contribution in [2.45, 2.75) is 0 Å². The van der Waals surface area contributed by atoms with Crippen molar-refractivity contribution in [3.05, 3.63) is 34.4 Å². The molecule has 5 heteroatoms. The minimum atomic E-state index is -0.577. The highest BCUT2D eigenvalue weighted by molar-refractivity contribution is 9.10. The average Bonchev–Trinajstić information content (AvgIpc) is 2.28. The van der Waals surface area contributed by atoms with Gasteiger partial charge in [-0.25, -0.2) is 4.79 Å². The smallest absolute Gasteiger partial charge is 0.342 e. The summed E-state index contributed by atoms with van der Waals surface area (Å²) in [5.41, 5.74) is 0.757. The average molecular weight is 282 g/mol. The first-order valence-electron chi connectivity index (χ1n) is 4.49. The second kappa shape index (κ2) is 4.09. The van der Waals surface area contributed by atoms with E-state index in [2.05, 4.69) is 25.7 Å². The van der Waals surface area contributed by atoms with Gasteiger partial charge in [-0.15, -0.1) is 0 Å². The summed E-state index contributed by atoms with van der Waals surface area (Å²) < 4.78 is 5.47. The number of carbonyl (C=O) groups excluding carboxylic acids is 1. The number of aromatic nitrogens is 1. The van der Waals surface area contributed by atoms with Crippen molar-refractivity contribution >= 4 is 32.8 Å². The zero-order chi connectivity index (χ0) is 11.7. The van der Waals surface area contributed by atoms with Gasteiger partial charge in [0.15, 0.2) is 0 Å². The van der Waals surface area contributed by atoms with Crippen LogP contribution in [0.1, 0.15) is 10.4 Å². The molecule has 4 nitrogen and oxygen atoms in total. The van der Waals surface area contributed by atoms with Crippen molar-refractivity contribution in [3.8, 4) is 5.75 Å². The van der Waals surface area contributed by atoms with E-state index in [0.29, 0.717) is 10.9 Å². The van der Waals surface area contributed by atoms with Gasteiger partial charge in [0, 0.05) is 9.86 Å². The van der Waals surface area contributed by atoms with E-state index >= 15 is 0 Å². The molecule has 16 heavy (non-hydrogen) atoms. The van der Waals surface area contributed by atoms with E-state index in [0.717, 1.165) is 4.47 Å². The van der Waals surface area contributed by atoms with Crippen LogP contribution in [0.3, 0.4) is 0 Å². The zero-order valence-electron chi connectivity index (χ0n) is 8.40. The molecule has 0 bridgehead atoms. The number of hydrogen-bond acceptors (Lipinski definition) is 4. The molecule has 0 spiro atoms. The number of halogens is 1. The van der Waals surface area contributed by atoms with Crippen LogP contribution in [0.15, 0.2) is 28.9 Å². The Morgan fingerprint density at radius 1 is 1.50 bits per heavy atom.